The molecule has 2 N–H and O–H groups in total. The number of nitrogens with zero attached hydrogens (tertiary/aromatic N) is 1. The number of carbonyl (C=O) groups excluding carboxylic acids is 1. The number of carboxylic acid groups (broad SMARTS) is 1. The minimum Gasteiger partial charge on any atom is -0.480 e. The summed E-state index contributed by atoms with van der Waals surface area (Å²) < 4.78 is 0. The highest BCUT2D eigenvalue weighted by Gasteiger charge is 2.68. The molecular weight excluding hydrogens is 246 g/mol. The Morgan fingerprint density at radius 1 is 1.05 bits per heavy atom. The number of aliphatic hydroxyl groups is 1. The smallest absolute Gasteiger partial charge is 0.326 e. The molecule has 0 aromatic carbocycles. The van der Waals surface area contributed by atoms with Crippen LogP contribution in [0.15, 0.2) is 0 Å². The highest BCUT2D eigenvalue weighted by atomic mass is 16.4. The third-order valence-electron chi connectivity index (χ3n) is 5.87. The van der Waals surface area contributed by atoms with Gasteiger partial charge in [0.15, 0.2) is 0 Å². The molecule has 1 heterocycles. The first kappa shape index (κ1) is 11.7. The van der Waals surface area contributed by atoms with E-state index in [1.807, 2.05) is 0 Å². The van der Waals surface area contributed by atoms with E-state index in [1.54, 1.807) is 0 Å². The van der Waals surface area contributed by atoms with Crippen LogP contribution in [0.4, 0.5) is 0 Å². The maximum atomic E-state index is 12.6. The highest BCUT2D eigenvalue weighted by Crippen LogP contribution is 2.69. The van der Waals surface area contributed by atoms with Gasteiger partial charge in [0, 0.05) is 18.9 Å². The highest BCUT2D eigenvalue weighted by molar-refractivity contribution is 5.88. The van der Waals surface area contributed by atoms with Gasteiger partial charge in [-0.15, -0.1) is 0 Å². The molecule has 4 rings (SSSR count). The third-order valence-corrected chi connectivity index (χ3v) is 5.87. The van der Waals surface area contributed by atoms with Crippen LogP contribution >= 0.6 is 0 Å². The van der Waals surface area contributed by atoms with E-state index in [0.29, 0.717) is 23.7 Å². The molecule has 0 radical (unpaired) electrons. The van der Waals surface area contributed by atoms with E-state index < -0.39 is 18.1 Å². The standard InChI is InChI=1S/C14H19NO4/c16-8-4-9(14(18)19)15(5-8)13(17)12-10-6-1-2-7(3-6)11(10)12/h6-12,16H,1-5H2,(H,18,19)/t6?,7?,8-,9-,10?,11?,12?/m0/s1. The molecule has 19 heavy (non-hydrogen) atoms. The minimum atomic E-state index is -0.987. The molecule has 4 fully saturated rings. The van der Waals surface area contributed by atoms with Crippen molar-refractivity contribution >= 4 is 11.9 Å². The van der Waals surface area contributed by atoms with Crippen LogP contribution in [0.5, 0.6) is 0 Å². The van der Waals surface area contributed by atoms with Crippen molar-refractivity contribution in [3.05, 3.63) is 0 Å². The first-order chi connectivity index (χ1) is 9.08. The number of fused-ring (bicyclic) bond motifs is 5. The monoisotopic (exact) mass is 265 g/mol. The lowest BCUT2D eigenvalue weighted by Gasteiger charge is -2.22. The second-order valence-electron chi connectivity index (χ2n) is 6.75. The summed E-state index contributed by atoms with van der Waals surface area (Å²) in [6.45, 7) is 0.196. The summed E-state index contributed by atoms with van der Waals surface area (Å²) >= 11 is 0. The molecule has 104 valence electrons. The molecule has 6 atom stereocenters. The summed E-state index contributed by atoms with van der Waals surface area (Å²) in [5.41, 5.74) is 0. The van der Waals surface area contributed by atoms with Crippen molar-refractivity contribution in [3.8, 4) is 0 Å². The Kier molecular flexibility index (Phi) is 2.29. The number of rotatable bonds is 2. The van der Waals surface area contributed by atoms with Crippen LogP contribution in [0, 0.1) is 29.6 Å². The number of β-amino-alcohol motifs (C(OH)–C–C–N with tert-alkyl or cyclic N) is 1. The Bertz CT molecular complexity index is 435. The summed E-state index contributed by atoms with van der Waals surface area (Å²) in [5, 5.41) is 18.8. The summed E-state index contributed by atoms with van der Waals surface area (Å²) in [5.74, 6) is 1.55. The van der Waals surface area contributed by atoms with Gasteiger partial charge in [0.2, 0.25) is 5.91 Å². The Morgan fingerprint density at radius 3 is 2.26 bits per heavy atom. The molecule has 4 aliphatic rings. The van der Waals surface area contributed by atoms with Crippen LogP contribution in [-0.4, -0.2) is 45.7 Å². The number of hydrogen-bond acceptors (Lipinski definition) is 3. The molecule has 4 unspecified atom stereocenters. The number of aliphatic carboxylic acids is 1. The molecule has 2 bridgehead atoms. The molecule has 0 spiro atoms. The number of carbonyl (C=O) groups is 2. The van der Waals surface area contributed by atoms with Crippen LogP contribution in [0.3, 0.4) is 0 Å². The molecule has 0 aromatic rings. The molecule has 3 saturated carbocycles. The second-order valence-corrected chi connectivity index (χ2v) is 6.75. The number of amides is 1. The first-order valence-electron chi connectivity index (χ1n) is 7.29. The number of aliphatic hydroxyl groups excluding tert-OH is 1. The summed E-state index contributed by atoms with van der Waals surface area (Å²) in [6, 6.07) is -0.818. The molecule has 3 aliphatic carbocycles. The fraction of sp³-hybridized carbons (Fsp3) is 0.857. The van der Waals surface area contributed by atoms with Gasteiger partial charge in [-0.25, -0.2) is 4.79 Å². The minimum absolute atomic E-state index is 0.00412. The van der Waals surface area contributed by atoms with Gasteiger partial charge in [0.1, 0.15) is 6.04 Å². The van der Waals surface area contributed by atoms with Crippen LogP contribution in [0.1, 0.15) is 25.7 Å². The van der Waals surface area contributed by atoms with Crippen LogP contribution < -0.4 is 0 Å². The maximum Gasteiger partial charge on any atom is 0.326 e. The van der Waals surface area contributed by atoms with Crippen LogP contribution in [0.25, 0.3) is 0 Å². The summed E-state index contributed by atoms with van der Waals surface area (Å²) in [4.78, 5) is 25.2. The van der Waals surface area contributed by atoms with Crippen LogP contribution in [-0.2, 0) is 9.59 Å². The average molecular weight is 265 g/mol. The fourth-order valence-corrected chi connectivity index (χ4v) is 5.14. The quantitative estimate of drug-likeness (QED) is 0.754. The van der Waals surface area contributed by atoms with E-state index in [1.165, 1.54) is 24.2 Å². The zero-order valence-electron chi connectivity index (χ0n) is 10.7. The zero-order chi connectivity index (χ0) is 13.3. The van der Waals surface area contributed by atoms with E-state index in [-0.39, 0.29) is 24.8 Å². The Hall–Kier alpha value is -1.10. The molecule has 1 amide bonds. The van der Waals surface area contributed by atoms with Crippen molar-refractivity contribution in [1.29, 1.82) is 0 Å². The molecule has 0 aromatic heterocycles. The van der Waals surface area contributed by atoms with Gasteiger partial charge in [-0.2, -0.15) is 0 Å². The normalized spacial score (nSPS) is 50.4. The van der Waals surface area contributed by atoms with E-state index in [0.717, 1.165) is 0 Å². The number of carboxylic acids is 1. The predicted octanol–water partition coefficient (Wildman–Crippen LogP) is 0.325. The molecular formula is C14H19NO4. The van der Waals surface area contributed by atoms with Gasteiger partial charge in [-0.3, -0.25) is 4.79 Å². The zero-order valence-corrected chi connectivity index (χ0v) is 10.7. The second kappa shape index (κ2) is 3.72. The van der Waals surface area contributed by atoms with Crippen molar-refractivity contribution in [2.75, 3.05) is 6.54 Å². The van der Waals surface area contributed by atoms with Crippen molar-refractivity contribution < 1.29 is 19.8 Å². The van der Waals surface area contributed by atoms with E-state index in [4.69, 9.17) is 5.11 Å². The average Bonchev–Trinajstić information content (AvgIpc) is 2.73. The Labute approximate surface area is 111 Å². The van der Waals surface area contributed by atoms with Crippen molar-refractivity contribution in [3.63, 3.8) is 0 Å². The van der Waals surface area contributed by atoms with E-state index in [9.17, 15) is 14.7 Å². The molecule has 1 aliphatic heterocycles. The Balaban J connectivity index is 1.51. The van der Waals surface area contributed by atoms with Gasteiger partial charge in [-0.05, 0) is 42.9 Å². The summed E-state index contributed by atoms with van der Waals surface area (Å²) in [6.07, 6.45) is 3.28. The first-order valence-corrected chi connectivity index (χ1v) is 7.29. The lowest BCUT2D eigenvalue weighted by molar-refractivity contribution is -0.149. The maximum absolute atomic E-state index is 12.6. The van der Waals surface area contributed by atoms with Crippen molar-refractivity contribution in [1.82, 2.24) is 4.90 Å². The number of hydrogen-bond donors (Lipinski definition) is 2. The topological polar surface area (TPSA) is 77.8 Å². The van der Waals surface area contributed by atoms with E-state index in [2.05, 4.69) is 0 Å². The largest absolute Gasteiger partial charge is 0.480 e. The van der Waals surface area contributed by atoms with Gasteiger partial charge >= 0.3 is 5.97 Å². The molecule has 5 nitrogen and oxygen atoms in total. The summed E-state index contributed by atoms with van der Waals surface area (Å²) in [7, 11) is 0. The third kappa shape index (κ3) is 1.51. The van der Waals surface area contributed by atoms with Crippen LogP contribution in [0.2, 0.25) is 0 Å². The molecule has 5 heteroatoms. The van der Waals surface area contributed by atoms with Gasteiger partial charge < -0.3 is 15.1 Å². The van der Waals surface area contributed by atoms with Crippen molar-refractivity contribution in [2.45, 2.75) is 37.8 Å². The lowest BCUT2D eigenvalue weighted by atomic mass is 10.0. The predicted molar refractivity (Wildman–Crippen MR) is 65.1 cm³/mol. The van der Waals surface area contributed by atoms with Gasteiger partial charge in [0.05, 0.1) is 6.10 Å². The fourth-order valence-electron chi connectivity index (χ4n) is 5.14. The molecule has 1 saturated heterocycles. The van der Waals surface area contributed by atoms with Gasteiger partial charge in [0.25, 0.3) is 0 Å². The SMILES string of the molecule is O=C(O)[C@@H]1C[C@H](O)CN1C(=O)C1C2C3CCC(C3)C12. The van der Waals surface area contributed by atoms with Gasteiger partial charge in [-0.1, -0.05) is 0 Å². The van der Waals surface area contributed by atoms with E-state index >= 15 is 0 Å². The van der Waals surface area contributed by atoms with Crippen molar-refractivity contribution in [2.24, 2.45) is 29.6 Å². The lowest BCUT2D eigenvalue weighted by Crippen LogP contribution is -2.42. The Morgan fingerprint density at radius 2 is 1.68 bits per heavy atom. The number of likely N-dealkylation sites (tertiary alicyclic amines) is 1.